The fourth-order valence-corrected chi connectivity index (χ4v) is 2.55. The molecule has 3 aromatic rings. The molecule has 0 bridgehead atoms. The van der Waals surface area contributed by atoms with Crippen LogP contribution in [0.25, 0.3) is 11.3 Å². The van der Waals surface area contributed by atoms with E-state index in [2.05, 4.69) is 10.3 Å². The maximum Gasteiger partial charge on any atom is 0.253 e. The van der Waals surface area contributed by atoms with Gasteiger partial charge in [0.25, 0.3) is 5.91 Å². The molecule has 120 valence electrons. The number of rotatable bonds is 4. The van der Waals surface area contributed by atoms with Crippen LogP contribution in [0.2, 0.25) is 5.02 Å². The number of amides is 1. The molecule has 0 fully saturated rings. The molecule has 0 spiro atoms. The Morgan fingerprint density at radius 3 is 2.46 bits per heavy atom. The molecule has 0 aliphatic heterocycles. The van der Waals surface area contributed by atoms with Crippen LogP contribution < -0.4 is 5.32 Å². The highest BCUT2D eigenvalue weighted by Crippen LogP contribution is 2.18. The molecule has 1 heterocycles. The molecule has 0 radical (unpaired) electrons. The van der Waals surface area contributed by atoms with Crippen LogP contribution in [0, 0.1) is 6.92 Å². The summed E-state index contributed by atoms with van der Waals surface area (Å²) in [4.78, 5) is 16.6. The number of aromatic nitrogens is 1. The third-order valence-electron chi connectivity index (χ3n) is 3.77. The fraction of sp³-hybridized carbons (Fsp3) is 0.100. The second-order valence-electron chi connectivity index (χ2n) is 5.57. The smallest absolute Gasteiger partial charge is 0.253 e. The number of aryl methyl sites for hydroxylation is 1. The number of benzene rings is 2. The summed E-state index contributed by atoms with van der Waals surface area (Å²) in [7, 11) is 0. The van der Waals surface area contributed by atoms with Gasteiger partial charge in [-0.25, -0.2) is 0 Å². The first-order chi connectivity index (χ1) is 11.6. The summed E-state index contributed by atoms with van der Waals surface area (Å²) < 4.78 is 0. The van der Waals surface area contributed by atoms with Gasteiger partial charge in [-0.05, 0) is 30.7 Å². The Balaban J connectivity index is 1.68. The van der Waals surface area contributed by atoms with Gasteiger partial charge in [0.2, 0.25) is 0 Å². The number of carbonyl (C=O) groups excluding carboxylic acids is 1. The molecule has 2 aromatic carbocycles. The third kappa shape index (κ3) is 3.81. The van der Waals surface area contributed by atoms with Crippen molar-refractivity contribution in [2.75, 3.05) is 0 Å². The lowest BCUT2D eigenvalue weighted by atomic mass is 10.1. The maximum absolute atomic E-state index is 12.2. The largest absolute Gasteiger partial charge is 0.348 e. The Bertz CT molecular complexity index is 842. The van der Waals surface area contributed by atoms with Crippen molar-refractivity contribution >= 4 is 17.5 Å². The van der Waals surface area contributed by atoms with Gasteiger partial charge in [-0.1, -0.05) is 59.6 Å². The van der Waals surface area contributed by atoms with Crippen molar-refractivity contribution in [3.63, 3.8) is 0 Å². The third-order valence-corrected chi connectivity index (χ3v) is 4.14. The van der Waals surface area contributed by atoms with E-state index in [1.807, 2.05) is 55.5 Å². The van der Waals surface area contributed by atoms with Crippen molar-refractivity contribution in [1.82, 2.24) is 10.3 Å². The lowest BCUT2D eigenvalue weighted by Gasteiger charge is -2.07. The number of hydrogen-bond acceptors (Lipinski definition) is 2. The number of pyridine rings is 1. The van der Waals surface area contributed by atoms with Crippen LogP contribution in [0.3, 0.4) is 0 Å². The van der Waals surface area contributed by atoms with Gasteiger partial charge in [0.15, 0.2) is 0 Å². The molecule has 1 amide bonds. The summed E-state index contributed by atoms with van der Waals surface area (Å²) in [6.45, 7) is 2.43. The quantitative estimate of drug-likeness (QED) is 0.754. The summed E-state index contributed by atoms with van der Waals surface area (Å²) >= 11 is 6.09. The Morgan fingerprint density at radius 1 is 1.04 bits per heavy atom. The van der Waals surface area contributed by atoms with Crippen molar-refractivity contribution in [1.29, 1.82) is 0 Å². The molecule has 3 rings (SSSR count). The first-order valence-corrected chi connectivity index (χ1v) is 8.06. The van der Waals surface area contributed by atoms with Gasteiger partial charge < -0.3 is 5.32 Å². The molecule has 24 heavy (non-hydrogen) atoms. The van der Waals surface area contributed by atoms with E-state index < -0.39 is 0 Å². The van der Waals surface area contributed by atoms with E-state index in [4.69, 9.17) is 11.6 Å². The van der Waals surface area contributed by atoms with Crippen LogP contribution in [-0.4, -0.2) is 10.9 Å². The summed E-state index contributed by atoms with van der Waals surface area (Å²) in [5.74, 6) is -0.169. The Kier molecular flexibility index (Phi) is 4.92. The zero-order valence-corrected chi connectivity index (χ0v) is 14.0. The van der Waals surface area contributed by atoms with Gasteiger partial charge in [0.1, 0.15) is 0 Å². The number of hydrogen-bond donors (Lipinski definition) is 1. The van der Waals surface area contributed by atoms with Crippen molar-refractivity contribution in [2.45, 2.75) is 13.5 Å². The molecule has 4 heteroatoms. The number of carbonyl (C=O) groups is 1. The van der Waals surface area contributed by atoms with E-state index in [1.54, 1.807) is 18.3 Å². The van der Waals surface area contributed by atoms with E-state index in [0.29, 0.717) is 17.1 Å². The molecule has 1 aromatic heterocycles. The Labute approximate surface area is 146 Å². The van der Waals surface area contributed by atoms with Crippen molar-refractivity contribution in [3.8, 4) is 11.3 Å². The SMILES string of the molecule is Cc1ccc(-c2ccc(C(=O)NCc3ccccc3Cl)cn2)cc1. The molecular formula is C20H17ClN2O. The molecule has 0 aliphatic carbocycles. The van der Waals surface area contributed by atoms with Crippen LogP contribution in [0.1, 0.15) is 21.5 Å². The van der Waals surface area contributed by atoms with E-state index >= 15 is 0 Å². The van der Waals surface area contributed by atoms with E-state index in [9.17, 15) is 4.79 Å². The highest BCUT2D eigenvalue weighted by Gasteiger charge is 2.08. The van der Waals surface area contributed by atoms with Crippen LogP contribution in [0.15, 0.2) is 66.9 Å². The second-order valence-corrected chi connectivity index (χ2v) is 5.98. The van der Waals surface area contributed by atoms with Crippen LogP contribution in [0.5, 0.6) is 0 Å². The van der Waals surface area contributed by atoms with E-state index in [-0.39, 0.29) is 5.91 Å². The maximum atomic E-state index is 12.2. The average Bonchev–Trinajstić information content (AvgIpc) is 2.62. The van der Waals surface area contributed by atoms with Crippen molar-refractivity contribution in [3.05, 3.63) is 88.6 Å². The standard InChI is InChI=1S/C20H17ClN2O/c1-14-6-8-15(9-7-14)19-11-10-17(13-22-19)20(24)23-12-16-4-2-3-5-18(16)21/h2-11,13H,12H2,1H3,(H,23,24). The first kappa shape index (κ1) is 16.2. The first-order valence-electron chi connectivity index (χ1n) is 7.68. The van der Waals surface area contributed by atoms with Gasteiger partial charge in [-0.15, -0.1) is 0 Å². The van der Waals surface area contributed by atoms with Crippen molar-refractivity contribution < 1.29 is 4.79 Å². The van der Waals surface area contributed by atoms with E-state index in [0.717, 1.165) is 16.8 Å². The molecule has 0 saturated heterocycles. The van der Waals surface area contributed by atoms with Gasteiger partial charge in [0.05, 0.1) is 11.3 Å². The minimum Gasteiger partial charge on any atom is -0.348 e. The van der Waals surface area contributed by atoms with Gasteiger partial charge >= 0.3 is 0 Å². The summed E-state index contributed by atoms with van der Waals surface area (Å²) in [5.41, 5.74) is 4.49. The summed E-state index contributed by atoms with van der Waals surface area (Å²) in [6.07, 6.45) is 1.59. The van der Waals surface area contributed by atoms with Gasteiger partial charge in [0, 0.05) is 23.3 Å². The minimum absolute atomic E-state index is 0.169. The van der Waals surface area contributed by atoms with Gasteiger partial charge in [-0.2, -0.15) is 0 Å². The number of halogens is 1. The normalized spacial score (nSPS) is 10.4. The summed E-state index contributed by atoms with van der Waals surface area (Å²) in [6, 6.07) is 19.2. The van der Waals surface area contributed by atoms with Crippen molar-refractivity contribution in [2.24, 2.45) is 0 Å². The molecule has 3 nitrogen and oxygen atoms in total. The highest BCUT2D eigenvalue weighted by atomic mass is 35.5. The predicted molar refractivity (Wildman–Crippen MR) is 97.0 cm³/mol. The average molecular weight is 337 g/mol. The number of nitrogens with one attached hydrogen (secondary N) is 1. The fourth-order valence-electron chi connectivity index (χ4n) is 2.34. The molecule has 0 aliphatic rings. The van der Waals surface area contributed by atoms with Crippen LogP contribution >= 0.6 is 11.6 Å². The van der Waals surface area contributed by atoms with Crippen LogP contribution in [-0.2, 0) is 6.54 Å². The molecule has 1 N–H and O–H groups in total. The second kappa shape index (κ2) is 7.28. The zero-order chi connectivity index (χ0) is 16.9. The topological polar surface area (TPSA) is 42.0 Å². The lowest BCUT2D eigenvalue weighted by molar-refractivity contribution is 0.0950. The molecule has 0 unspecified atom stereocenters. The predicted octanol–water partition coefficient (Wildman–Crippen LogP) is 4.64. The van der Waals surface area contributed by atoms with E-state index in [1.165, 1.54) is 5.56 Å². The monoisotopic (exact) mass is 336 g/mol. The Morgan fingerprint density at radius 2 is 1.79 bits per heavy atom. The minimum atomic E-state index is -0.169. The summed E-state index contributed by atoms with van der Waals surface area (Å²) in [5, 5.41) is 3.50. The van der Waals surface area contributed by atoms with Gasteiger partial charge in [-0.3, -0.25) is 9.78 Å². The van der Waals surface area contributed by atoms with Crippen LogP contribution in [0.4, 0.5) is 0 Å². The zero-order valence-electron chi connectivity index (χ0n) is 13.3. The Hall–Kier alpha value is -2.65. The molecule has 0 saturated carbocycles. The molecular weight excluding hydrogens is 320 g/mol. The number of nitrogens with zero attached hydrogens (tertiary/aromatic N) is 1. The highest BCUT2D eigenvalue weighted by molar-refractivity contribution is 6.31. The lowest BCUT2D eigenvalue weighted by Crippen LogP contribution is -2.23. The molecule has 0 atom stereocenters.